The highest BCUT2D eigenvalue weighted by Crippen LogP contribution is 2.48. The van der Waals surface area contributed by atoms with Gasteiger partial charge in [-0.3, -0.25) is 0 Å². The fourth-order valence-corrected chi connectivity index (χ4v) is 2.34. The van der Waals surface area contributed by atoms with Crippen LogP contribution in [0.25, 0.3) is 0 Å². The van der Waals surface area contributed by atoms with E-state index in [2.05, 4.69) is 4.98 Å². The van der Waals surface area contributed by atoms with Crippen molar-refractivity contribution in [2.24, 2.45) is 5.73 Å². The summed E-state index contributed by atoms with van der Waals surface area (Å²) in [7, 11) is 0. The maximum atomic E-state index is 5.69. The van der Waals surface area contributed by atoms with E-state index in [1.807, 2.05) is 13.1 Å². The lowest BCUT2D eigenvalue weighted by Gasteiger charge is -2.06. The van der Waals surface area contributed by atoms with Crippen LogP contribution in [0.4, 0.5) is 0 Å². The molecule has 1 aliphatic carbocycles. The lowest BCUT2D eigenvalue weighted by atomic mass is 10.1. The van der Waals surface area contributed by atoms with Crippen molar-refractivity contribution in [1.29, 1.82) is 0 Å². The first-order chi connectivity index (χ1) is 5.27. The van der Waals surface area contributed by atoms with Crippen LogP contribution in [-0.2, 0) is 5.41 Å². The van der Waals surface area contributed by atoms with E-state index in [0.29, 0.717) is 5.41 Å². The standard InChI is InChI=1S/C8H12N2S/c1-6-10-4-7(11-6)8(5-9)2-3-8/h4H,2-3,5,9H2,1H3. The van der Waals surface area contributed by atoms with Gasteiger partial charge in [0.15, 0.2) is 0 Å². The van der Waals surface area contributed by atoms with Gasteiger partial charge >= 0.3 is 0 Å². The highest BCUT2D eigenvalue weighted by atomic mass is 32.1. The average Bonchev–Trinajstić information content (AvgIpc) is 2.70. The zero-order valence-corrected chi connectivity index (χ0v) is 7.45. The van der Waals surface area contributed by atoms with Crippen molar-refractivity contribution in [3.63, 3.8) is 0 Å². The van der Waals surface area contributed by atoms with Gasteiger partial charge in [-0.05, 0) is 19.8 Å². The first-order valence-corrected chi connectivity index (χ1v) is 4.71. The molecule has 1 heterocycles. The Hall–Kier alpha value is -0.410. The number of hydrogen-bond acceptors (Lipinski definition) is 3. The van der Waals surface area contributed by atoms with E-state index in [0.717, 1.165) is 11.6 Å². The topological polar surface area (TPSA) is 38.9 Å². The van der Waals surface area contributed by atoms with E-state index in [-0.39, 0.29) is 0 Å². The van der Waals surface area contributed by atoms with Crippen LogP contribution in [0.2, 0.25) is 0 Å². The van der Waals surface area contributed by atoms with Gasteiger partial charge in [-0.2, -0.15) is 0 Å². The van der Waals surface area contributed by atoms with Crippen molar-refractivity contribution in [2.75, 3.05) is 6.54 Å². The molecule has 60 valence electrons. The summed E-state index contributed by atoms with van der Waals surface area (Å²) in [5.41, 5.74) is 6.03. The molecule has 3 heteroatoms. The Bertz CT molecular complexity index is 263. The monoisotopic (exact) mass is 168 g/mol. The highest BCUT2D eigenvalue weighted by molar-refractivity contribution is 7.11. The van der Waals surface area contributed by atoms with Crippen LogP contribution < -0.4 is 5.73 Å². The van der Waals surface area contributed by atoms with E-state index in [9.17, 15) is 0 Å². The third-order valence-corrected chi connectivity index (χ3v) is 3.55. The summed E-state index contributed by atoms with van der Waals surface area (Å²) in [6, 6.07) is 0. The summed E-state index contributed by atoms with van der Waals surface area (Å²) < 4.78 is 0. The molecule has 0 atom stereocenters. The molecule has 1 aromatic heterocycles. The molecular formula is C8H12N2S. The molecular weight excluding hydrogens is 156 g/mol. The summed E-state index contributed by atoms with van der Waals surface area (Å²) in [5, 5.41) is 1.15. The summed E-state index contributed by atoms with van der Waals surface area (Å²) in [5.74, 6) is 0. The Morgan fingerprint density at radius 2 is 2.45 bits per heavy atom. The third-order valence-electron chi connectivity index (χ3n) is 2.39. The van der Waals surface area contributed by atoms with Gasteiger partial charge in [-0.25, -0.2) is 4.98 Å². The van der Waals surface area contributed by atoms with Crippen molar-refractivity contribution in [2.45, 2.75) is 25.2 Å². The van der Waals surface area contributed by atoms with Gasteiger partial charge in [0.1, 0.15) is 0 Å². The van der Waals surface area contributed by atoms with Gasteiger partial charge in [0.2, 0.25) is 0 Å². The Morgan fingerprint density at radius 1 is 1.73 bits per heavy atom. The van der Waals surface area contributed by atoms with Crippen LogP contribution >= 0.6 is 11.3 Å². The molecule has 1 aliphatic rings. The first-order valence-electron chi connectivity index (χ1n) is 3.90. The number of hydrogen-bond donors (Lipinski definition) is 1. The number of thiazole rings is 1. The second-order valence-corrected chi connectivity index (χ2v) is 4.46. The lowest BCUT2D eigenvalue weighted by molar-refractivity contribution is 0.718. The molecule has 0 unspecified atom stereocenters. The second kappa shape index (κ2) is 2.29. The van der Waals surface area contributed by atoms with E-state index < -0.39 is 0 Å². The molecule has 1 aromatic rings. The number of nitrogens with zero attached hydrogens (tertiary/aromatic N) is 1. The Balaban J connectivity index is 2.29. The first kappa shape index (κ1) is 7.25. The van der Waals surface area contributed by atoms with Gasteiger partial charge in [-0.15, -0.1) is 11.3 Å². The molecule has 2 rings (SSSR count). The minimum absolute atomic E-state index is 0.339. The highest BCUT2D eigenvalue weighted by Gasteiger charge is 2.44. The van der Waals surface area contributed by atoms with Crippen LogP contribution in [0.1, 0.15) is 22.7 Å². The maximum absolute atomic E-state index is 5.69. The molecule has 0 spiro atoms. The predicted molar refractivity (Wildman–Crippen MR) is 46.8 cm³/mol. The van der Waals surface area contributed by atoms with Crippen molar-refractivity contribution in [1.82, 2.24) is 4.98 Å². The molecule has 0 aromatic carbocycles. The van der Waals surface area contributed by atoms with Crippen LogP contribution in [0.3, 0.4) is 0 Å². The number of nitrogens with two attached hydrogens (primary N) is 1. The number of aromatic nitrogens is 1. The lowest BCUT2D eigenvalue weighted by Crippen LogP contribution is -2.18. The Kier molecular flexibility index (Phi) is 1.51. The summed E-state index contributed by atoms with van der Waals surface area (Å²) >= 11 is 1.79. The molecule has 0 radical (unpaired) electrons. The molecule has 0 aliphatic heterocycles. The van der Waals surface area contributed by atoms with Gasteiger partial charge < -0.3 is 5.73 Å². The van der Waals surface area contributed by atoms with E-state index >= 15 is 0 Å². The van der Waals surface area contributed by atoms with Gasteiger partial charge in [-0.1, -0.05) is 0 Å². The fraction of sp³-hybridized carbons (Fsp3) is 0.625. The Morgan fingerprint density at radius 3 is 2.82 bits per heavy atom. The Labute approximate surface area is 70.5 Å². The predicted octanol–water partition coefficient (Wildman–Crippen LogP) is 1.44. The van der Waals surface area contributed by atoms with Crippen LogP contribution in [0.15, 0.2) is 6.20 Å². The molecule has 2 N–H and O–H groups in total. The molecule has 0 bridgehead atoms. The average molecular weight is 168 g/mol. The van der Waals surface area contributed by atoms with Gasteiger partial charge in [0.05, 0.1) is 5.01 Å². The summed E-state index contributed by atoms with van der Waals surface area (Å²) in [4.78, 5) is 5.62. The van der Waals surface area contributed by atoms with Crippen molar-refractivity contribution < 1.29 is 0 Å². The van der Waals surface area contributed by atoms with Crippen LogP contribution in [0.5, 0.6) is 0 Å². The molecule has 1 saturated carbocycles. The fourth-order valence-electron chi connectivity index (χ4n) is 1.31. The normalized spacial score (nSPS) is 20.2. The molecule has 11 heavy (non-hydrogen) atoms. The van der Waals surface area contributed by atoms with E-state index in [4.69, 9.17) is 5.73 Å². The van der Waals surface area contributed by atoms with Gasteiger partial charge in [0, 0.05) is 23.0 Å². The van der Waals surface area contributed by atoms with Crippen LogP contribution in [-0.4, -0.2) is 11.5 Å². The van der Waals surface area contributed by atoms with Crippen molar-refractivity contribution >= 4 is 11.3 Å². The minimum Gasteiger partial charge on any atom is -0.330 e. The second-order valence-electron chi connectivity index (χ2n) is 3.23. The quantitative estimate of drug-likeness (QED) is 0.725. The zero-order valence-electron chi connectivity index (χ0n) is 6.63. The third kappa shape index (κ3) is 1.08. The minimum atomic E-state index is 0.339. The smallest absolute Gasteiger partial charge is 0.0896 e. The molecule has 2 nitrogen and oxygen atoms in total. The van der Waals surface area contributed by atoms with Crippen molar-refractivity contribution in [3.05, 3.63) is 16.1 Å². The summed E-state index contributed by atoms with van der Waals surface area (Å²) in [6.45, 7) is 2.83. The molecule has 1 fully saturated rings. The summed E-state index contributed by atoms with van der Waals surface area (Å²) in [6.07, 6.45) is 4.50. The molecule has 0 saturated heterocycles. The van der Waals surface area contributed by atoms with Crippen LogP contribution in [0, 0.1) is 6.92 Å². The van der Waals surface area contributed by atoms with E-state index in [1.54, 1.807) is 11.3 Å². The van der Waals surface area contributed by atoms with Crippen molar-refractivity contribution in [3.8, 4) is 0 Å². The zero-order chi connectivity index (χ0) is 7.90. The number of rotatable bonds is 2. The van der Waals surface area contributed by atoms with Gasteiger partial charge in [0.25, 0.3) is 0 Å². The number of aryl methyl sites for hydroxylation is 1. The largest absolute Gasteiger partial charge is 0.330 e. The van der Waals surface area contributed by atoms with E-state index in [1.165, 1.54) is 17.7 Å². The maximum Gasteiger partial charge on any atom is 0.0896 e. The SMILES string of the molecule is Cc1ncc(C2(CN)CC2)s1. The molecule has 0 amide bonds.